The first-order chi connectivity index (χ1) is 10.7. The molecule has 0 unspecified atom stereocenters. The second-order valence-electron chi connectivity index (χ2n) is 5.49. The molecule has 3 rings (SSSR count). The van der Waals surface area contributed by atoms with Crippen LogP contribution in [0.5, 0.6) is 0 Å². The molecule has 1 saturated heterocycles. The van der Waals surface area contributed by atoms with Gasteiger partial charge in [-0.25, -0.2) is 4.79 Å². The molecule has 2 aliphatic heterocycles. The Kier molecular flexibility index (Phi) is 4.39. The van der Waals surface area contributed by atoms with Crippen molar-refractivity contribution in [1.82, 2.24) is 20.4 Å². The molecule has 0 spiro atoms. The summed E-state index contributed by atoms with van der Waals surface area (Å²) in [4.78, 5) is 14.2. The van der Waals surface area contributed by atoms with E-state index in [1.165, 1.54) is 0 Å². The molecule has 8 heteroatoms. The zero-order valence-electron chi connectivity index (χ0n) is 12.8. The van der Waals surface area contributed by atoms with Crippen molar-refractivity contribution < 1.29 is 14.3 Å². The van der Waals surface area contributed by atoms with Crippen LogP contribution in [0.2, 0.25) is 0 Å². The van der Waals surface area contributed by atoms with Gasteiger partial charge < -0.3 is 25.0 Å². The molecule has 1 aromatic rings. The van der Waals surface area contributed by atoms with Gasteiger partial charge in [0.25, 0.3) is 0 Å². The van der Waals surface area contributed by atoms with E-state index in [9.17, 15) is 4.79 Å². The van der Waals surface area contributed by atoms with Crippen LogP contribution in [0, 0.1) is 0 Å². The van der Waals surface area contributed by atoms with Crippen LogP contribution in [0.1, 0.15) is 11.3 Å². The van der Waals surface area contributed by atoms with Crippen LogP contribution < -0.4 is 10.6 Å². The minimum absolute atomic E-state index is 0.0808. The predicted octanol–water partition coefficient (Wildman–Crippen LogP) is -0.000200. The summed E-state index contributed by atoms with van der Waals surface area (Å²) >= 11 is 0. The Morgan fingerprint density at radius 1 is 1.45 bits per heavy atom. The molecule has 22 heavy (non-hydrogen) atoms. The van der Waals surface area contributed by atoms with Crippen LogP contribution in [0.3, 0.4) is 0 Å². The van der Waals surface area contributed by atoms with Crippen LogP contribution >= 0.6 is 0 Å². The minimum Gasteiger partial charge on any atom is -0.377 e. The molecule has 120 valence electrons. The fourth-order valence-corrected chi connectivity index (χ4v) is 2.78. The molecule has 2 amide bonds. The summed E-state index contributed by atoms with van der Waals surface area (Å²) < 4.78 is 10.7. The number of methoxy groups -OCH3 is 1. The van der Waals surface area contributed by atoms with Gasteiger partial charge in [-0.05, 0) is 11.6 Å². The third kappa shape index (κ3) is 2.97. The van der Waals surface area contributed by atoms with Crippen molar-refractivity contribution in [2.75, 3.05) is 39.2 Å². The molecule has 1 fully saturated rings. The number of hydrogen-bond acceptors (Lipinski definition) is 6. The summed E-state index contributed by atoms with van der Waals surface area (Å²) in [5, 5.41) is 14.2. The second-order valence-corrected chi connectivity index (χ2v) is 5.49. The Labute approximate surface area is 129 Å². The number of ether oxygens (including phenoxy) is 2. The van der Waals surface area contributed by atoms with Gasteiger partial charge in [0.15, 0.2) is 0 Å². The highest BCUT2D eigenvalue weighted by molar-refractivity contribution is 5.75. The molecule has 0 radical (unpaired) electrons. The van der Waals surface area contributed by atoms with E-state index in [1.54, 1.807) is 19.1 Å². The summed E-state index contributed by atoms with van der Waals surface area (Å²) in [6.07, 6.45) is 0.636. The van der Waals surface area contributed by atoms with Crippen molar-refractivity contribution >= 4 is 11.8 Å². The first-order valence-electron chi connectivity index (χ1n) is 7.40. The predicted molar refractivity (Wildman–Crippen MR) is 79.6 cm³/mol. The Morgan fingerprint density at radius 2 is 2.32 bits per heavy atom. The van der Waals surface area contributed by atoms with Crippen molar-refractivity contribution in [1.29, 1.82) is 0 Å². The standard InChI is InChI=1S/C14H21N5O3/c1-15-13-5-9-6-19(4-3-10(9)17-18-13)14(20)16-11-7-22-8-12(11)21-2/h5,11-12H,3-4,6-8H2,1-2H3,(H,15,18)(H,16,20)/t11-,12-/m1/s1. The summed E-state index contributed by atoms with van der Waals surface area (Å²) in [6, 6.07) is 1.76. The molecule has 2 aliphatic rings. The topological polar surface area (TPSA) is 88.6 Å². The van der Waals surface area contributed by atoms with Crippen molar-refractivity contribution in [3.8, 4) is 0 Å². The van der Waals surface area contributed by atoms with Crippen molar-refractivity contribution in [2.45, 2.75) is 25.1 Å². The van der Waals surface area contributed by atoms with Gasteiger partial charge in [0.1, 0.15) is 11.9 Å². The highest BCUT2D eigenvalue weighted by atomic mass is 16.5. The average molecular weight is 307 g/mol. The second kappa shape index (κ2) is 6.45. The Morgan fingerprint density at radius 3 is 3.09 bits per heavy atom. The zero-order chi connectivity index (χ0) is 15.5. The number of nitrogens with zero attached hydrogens (tertiary/aromatic N) is 3. The quantitative estimate of drug-likeness (QED) is 0.817. The van der Waals surface area contributed by atoms with Crippen LogP contribution in [0.25, 0.3) is 0 Å². The third-order valence-electron chi connectivity index (χ3n) is 4.12. The van der Waals surface area contributed by atoms with Crippen molar-refractivity contribution in [3.05, 3.63) is 17.3 Å². The molecule has 0 aromatic carbocycles. The van der Waals surface area contributed by atoms with E-state index in [1.807, 2.05) is 6.07 Å². The van der Waals surface area contributed by atoms with E-state index < -0.39 is 0 Å². The first kappa shape index (κ1) is 15.0. The fourth-order valence-electron chi connectivity index (χ4n) is 2.78. The number of aromatic nitrogens is 2. The molecule has 8 nitrogen and oxygen atoms in total. The van der Waals surface area contributed by atoms with Crippen LogP contribution in [-0.4, -0.2) is 67.2 Å². The Bertz CT molecular complexity index is 553. The van der Waals surface area contributed by atoms with Gasteiger partial charge in [-0.3, -0.25) is 0 Å². The fraction of sp³-hybridized carbons (Fsp3) is 0.643. The lowest BCUT2D eigenvalue weighted by atomic mass is 10.1. The molecule has 1 aromatic heterocycles. The number of carbonyl (C=O) groups excluding carboxylic acids is 1. The van der Waals surface area contributed by atoms with Gasteiger partial charge >= 0.3 is 6.03 Å². The maximum atomic E-state index is 12.4. The number of rotatable bonds is 3. The first-order valence-corrected chi connectivity index (χ1v) is 7.40. The van der Waals surface area contributed by atoms with E-state index in [0.29, 0.717) is 38.5 Å². The number of anilines is 1. The largest absolute Gasteiger partial charge is 0.377 e. The van der Waals surface area contributed by atoms with Crippen LogP contribution in [0.15, 0.2) is 6.07 Å². The smallest absolute Gasteiger partial charge is 0.318 e. The Balaban J connectivity index is 1.64. The highest BCUT2D eigenvalue weighted by Gasteiger charge is 2.31. The molecule has 3 heterocycles. The SMILES string of the molecule is CNc1cc2c(nn1)CCN(C(=O)N[C@@H]1COC[C@H]1OC)C2. The molecule has 2 N–H and O–H groups in total. The van der Waals surface area contributed by atoms with Crippen LogP contribution in [-0.2, 0) is 22.4 Å². The van der Waals surface area contributed by atoms with Gasteiger partial charge in [0, 0.05) is 33.7 Å². The lowest BCUT2D eigenvalue weighted by Gasteiger charge is -2.30. The van der Waals surface area contributed by atoms with Gasteiger partial charge in [-0.2, -0.15) is 5.10 Å². The highest BCUT2D eigenvalue weighted by Crippen LogP contribution is 2.19. The van der Waals surface area contributed by atoms with E-state index >= 15 is 0 Å². The van der Waals surface area contributed by atoms with Crippen molar-refractivity contribution in [3.63, 3.8) is 0 Å². The normalized spacial score (nSPS) is 24.0. The summed E-state index contributed by atoms with van der Waals surface area (Å²) in [5.41, 5.74) is 1.99. The number of fused-ring (bicyclic) bond motifs is 1. The van der Waals surface area contributed by atoms with Gasteiger partial charge in [-0.15, -0.1) is 5.10 Å². The van der Waals surface area contributed by atoms with E-state index in [4.69, 9.17) is 9.47 Å². The summed E-state index contributed by atoms with van der Waals surface area (Å²) in [5.74, 6) is 0.713. The number of nitrogens with one attached hydrogen (secondary N) is 2. The average Bonchev–Trinajstić information content (AvgIpc) is 3.00. The molecule has 0 aliphatic carbocycles. The van der Waals surface area contributed by atoms with Crippen molar-refractivity contribution in [2.24, 2.45) is 0 Å². The minimum atomic E-state index is -0.0951. The Hall–Kier alpha value is -1.93. The number of amides is 2. The lowest BCUT2D eigenvalue weighted by Crippen LogP contribution is -2.50. The van der Waals surface area contributed by atoms with E-state index in [2.05, 4.69) is 20.8 Å². The van der Waals surface area contributed by atoms with Crippen LogP contribution in [0.4, 0.5) is 10.6 Å². The zero-order valence-corrected chi connectivity index (χ0v) is 12.8. The number of carbonyl (C=O) groups is 1. The molecule has 0 bridgehead atoms. The van der Waals surface area contributed by atoms with E-state index in [-0.39, 0.29) is 18.2 Å². The third-order valence-corrected chi connectivity index (χ3v) is 4.12. The molecule has 2 atom stereocenters. The maximum absolute atomic E-state index is 12.4. The monoisotopic (exact) mass is 307 g/mol. The van der Waals surface area contributed by atoms with Gasteiger partial charge in [-0.1, -0.05) is 0 Å². The molecular weight excluding hydrogens is 286 g/mol. The maximum Gasteiger partial charge on any atom is 0.318 e. The molecule has 0 saturated carbocycles. The summed E-state index contributed by atoms with van der Waals surface area (Å²) in [7, 11) is 3.43. The summed E-state index contributed by atoms with van der Waals surface area (Å²) in [6.45, 7) is 2.18. The number of hydrogen-bond donors (Lipinski definition) is 2. The lowest BCUT2D eigenvalue weighted by molar-refractivity contribution is 0.0733. The van der Waals surface area contributed by atoms with Gasteiger partial charge in [0.2, 0.25) is 0 Å². The number of urea groups is 1. The van der Waals surface area contributed by atoms with Gasteiger partial charge in [0.05, 0.1) is 24.9 Å². The molecular formula is C14H21N5O3. The van der Waals surface area contributed by atoms with E-state index in [0.717, 1.165) is 11.3 Å².